The van der Waals surface area contributed by atoms with Crippen molar-refractivity contribution >= 4 is 29.5 Å². The summed E-state index contributed by atoms with van der Waals surface area (Å²) in [6.07, 6.45) is 0.879. The Labute approximate surface area is 99.8 Å². The second-order valence-corrected chi connectivity index (χ2v) is 3.23. The number of halogens is 1. The Balaban J connectivity index is 3.21. The molecular weight excluding hydrogens is 252 g/mol. The Morgan fingerprint density at radius 1 is 1.65 bits per heavy atom. The molecule has 17 heavy (non-hydrogen) atoms. The summed E-state index contributed by atoms with van der Waals surface area (Å²) in [4.78, 5) is 20.3. The van der Waals surface area contributed by atoms with Crippen LogP contribution in [0.1, 0.15) is 5.56 Å². The number of amides is 2. The van der Waals surface area contributed by atoms with Crippen molar-refractivity contribution in [3.8, 4) is 5.75 Å². The van der Waals surface area contributed by atoms with Crippen LogP contribution in [0.3, 0.4) is 0 Å². The summed E-state index contributed by atoms with van der Waals surface area (Å²) < 4.78 is 0. The average Bonchev–Trinajstić information content (AvgIpc) is 2.22. The van der Waals surface area contributed by atoms with E-state index in [9.17, 15) is 20.0 Å². The van der Waals surface area contributed by atoms with E-state index < -0.39 is 22.4 Å². The van der Waals surface area contributed by atoms with Crippen LogP contribution in [0.4, 0.5) is 10.5 Å². The molecule has 0 spiro atoms. The first-order valence-electron chi connectivity index (χ1n) is 4.18. The van der Waals surface area contributed by atoms with Crippen LogP contribution in [0.2, 0.25) is 5.02 Å². The normalized spacial score (nSPS) is 10.4. The Morgan fingerprint density at radius 2 is 2.29 bits per heavy atom. The van der Waals surface area contributed by atoms with Gasteiger partial charge in [-0.3, -0.25) is 10.1 Å². The number of hydrogen-bond acceptors (Lipinski definition) is 5. The number of urea groups is 1. The molecular formula is C8H7ClN4O4. The number of phenolic OH excluding ortho intramolecular Hbond substituents is 1. The largest absolute Gasteiger partial charge is 0.507 e. The van der Waals surface area contributed by atoms with Crippen LogP contribution in [-0.4, -0.2) is 22.3 Å². The predicted octanol–water partition coefficient (Wildman–Crippen LogP) is 0.956. The maximum absolute atomic E-state index is 10.7. The number of nitrogens with one attached hydrogen (secondary N) is 1. The zero-order valence-corrected chi connectivity index (χ0v) is 9.01. The molecule has 0 bridgehead atoms. The number of primary amides is 1. The van der Waals surface area contributed by atoms with Crippen molar-refractivity contribution in [1.29, 1.82) is 0 Å². The van der Waals surface area contributed by atoms with E-state index in [4.69, 9.17) is 17.3 Å². The fraction of sp³-hybridized carbons (Fsp3) is 0. The van der Waals surface area contributed by atoms with Crippen molar-refractivity contribution in [2.75, 3.05) is 0 Å². The van der Waals surface area contributed by atoms with Crippen LogP contribution >= 0.6 is 11.6 Å². The lowest BCUT2D eigenvalue weighted by Gasteiger charge is -2.02. The molecule has 2 amide bonds. The number of nitrogens with zero attached hydrogens (tertiary/aromatic N) is 2. The highest BCUT2D eigenvalue weighted by molar-refractivity contribution is 6.33. The van der Waals surface area contributed by atoms with Gasteiger partial charge in [-0.25, -0.2) is 10.2 Å². The highest BCUT2D eigenvalue weighted by Gasteiger charge is 2.20. The first-order valence-corrected chi connectivity index (χ1v) is 4.55. The van der Waals surface area contributed by atoms with Crippen molar-refractivity contribution in [2.24, 2.45) is 10.8 Å². The zero-order chi connectivity index (χ0) is 13.0. The molecule has 0 radical (unpaired) electrons. The number of hydrazone groups is 1. The van der Waals surface area contributed by atoms with E-state index in [2.05, 4.69) is 5.10 Å². The van der Waals surface area contributed by atoms with Crippen molar-refractivity contribution in [2.45, 2.75) is 0 Å². The van der Waals surface area contributed by atoms with E-state index in [0.29, 0.717) is 0 Å². The van der Waals surface area contributed by atoms with Crippen LogP contribution in [-0.2, 0) is 0 Å². The molecule has 0 atom stereocenters. The van der Waals surface area contributed by atoms with Gasteiger partial charge in [0.25, 0.3) is 5.69 Å². The van der Waals surface area contributed by atoms with Gasteiger partial charge >= 0.3 is 6.03 Å². The fourth-order valence-corrected chi connectivity index (χ4v) is 1.28. The molecule has 0 aliphatic rings. The number of nitro benzene ring substituents is 1. The summed E-state index contributed by atoms with van der Waals surface area (Å²) in [5.41, 5.74) is 5.84. The lowest BCUT2D eigenvalue weighted by molar-refractivity contribution is -0.384. The SMILES string of the molecule is NC(=O)NN=Cc1c(O)ccc(Cl)c1[N+](=O)[O-]. The van der Waals surface area contributed by atoms with E-state index in [1.807, 2.05) is 5.43 Å². The molecule has 8 nitrogen and oxygen atoms in total. The number of hydrogen-bond donors (Lipinski definition) is 3. The monoisotopic (exact) mass is 258 g/mol. The second kappa shape index (κ2) is 5.12. The maximum Gasteiger partial charge on any atom is 0.332 e. The van der Waals surface area contributed by atoms with Crippen LogP contribution in [0, 0.1) is 10.1 Å². The number of carbonyl (C=O) groups is 1. The topological polar surface area (TPSA) is 131 Å². The van der Waals surface area contributed by atoms with Crippen LogP contribution in [0.5, 0.6) is 5.75 Å². The molecule has 0 saturated carbocycles. The van der Waals surface area contributed by atoms with Gasteiger partial charge in [-0.15, -0.1) is 0 Å². The third kappa shape index (κ3) is 3.05. The Bertz CT molecular complexity index is 503. The summed E-state index contributed by atoms with van der Waals surface area (Å²) in [6.45, 7) is 0. The number of nitrogens with two attached hydrogens (primary N) is 1. The predicted molar refractivity (Wildman–Crippen MR) is 60.1 cm³/mol. The van der Waals surface area contributed by atoms with E-state index in [-0.39, 0.29) is 10.6 Å². The lowest BCUT2D eigenvalue weighted by atomic mass is 10.2. The van der Waals surface area contributed by atoms with Crippen LogP contribution in [0.25, 0.3) is 0 Å². The van der Waals surface area contributed by atoms with Gasteiger partial charge in [0.05, 0.1) is 11.1 Å². The molecule has 0 aliphatic heterocycles. The third-order valence-corrected chi connectivity index (χ3v) is 2.00. The molecule has 0 aromatic heterocycles. The number of carbonyl (C=O) groups excluding carboxylic acids is 1. The summed E-state index contributed by atoms with van der Waals surface area (Å²) in [6, 6.07) is 1.40. The molecule has 4 N–H and O–H groups in total. The number of phenols is 1. The van der Waals surface area contributed by atoms with Crippen molar-refractivity contribution in [1.82, 2.24) is 5.43 Å². The molecule has 0 fully saturated rings. The second-order valence-electron chi connectivity index (χ2n) is 2.82. The smallest absolute Gasteiger partial charge is 0.332 e. The lowest BCUT2D eigenvalue weighted by Crippen LogP contribution is -2.24. The van der Waals surface area contributed by atoms with Crippen molar-refractivity contribution < 1.29 is 14.8 Å². The molecule has 0 unspecified atom stereocenters. The quantitative estimate of drug-likeness (QED) is 0.423. The van der Waals surface area contributed by atoms with Gasteiger partial charge in [0.2, 0.25) is 0 Å². The first kappa shape index (κ1) is 12.7. The molecule has 90 valence electrons. The fourth-order valence-electron chi connectivity index (χ4n) is 1.04. The summed E-state index contributed by atoms with van der Waals surface area (Å²) in [5.74, 6) is -0.392. The minimum atomic E-state index is -0.939. The maximum atomic E-state index is 10.7. The van der Waals surface area contributed by atoms with Gasteiger partial charge in [-0.1, -0.05) is 11.6 Å². The van der Waals surface area contributed by atoms with E-state index in [0.717, 1.165) is 6.21 Å². The molecule has 0 saturated heterocycles. The molecule has 1 aromatic rings. The number of aromatic hydroxyl groups is 1. The van der Waals surface area contributed by atoms with Gasteiger partial charge in [-0.2, -0.15) is 5.10 Å². The summed E-state index contributed by atoms with van der Waals surface area (Å²) >= 11 is 5.61. The third-order valence-electron chi connectivity index (χ3n) is 1.70. The number of benzene rings is 1. The molecule has 1 rings (SSSR count). The molecule has 0 aliphatic carbocycles. The summed E-state index contributed by atoms with van der Waals surface area (Å²) in [5, 5.41) is 23.3. The Kier molecular flexibility index (Phi) is 3.83. The highest BCUT2D eigenvalue weighted by atomic mass is 35.5. The van der Waals surface area contributed by atoms with Crippen LogP contribution < -0.4 is 11.2 Å². The van der Waals surface area contributed by atoms with Crippen molar-refractivity contribution in [3.63, 3.8) is 0 Å². The van der Waals surface area contributed by atoms with E-state index >= 15 is 0 Å². The van der Waals surface area contributed by atoms with Gasteiger partial charge in [0.15, 0.2) is 0 Å². The highest BCUT2D eigenvalue weighted by Crippen LogP contribution is 2.33. The molecule has 1 aromatic carbocycles. The zero-order valence-electron chi connectivity index (χ0n) is 8.25. The van der Waals surface area contributed by atoms with E-state index in [1.165, 1.54) is 12.1 Å². The van der Waals surface area contributed by atoms with Crippen LogP contribution in [0.15, 0.2) is 17.2 Å². The minimum absolute atomic E-state index is 0.159. The summed E-state index contributed by atoms with van der Waals surface area (Å²) in [7, 11) is 0. The number of rotatable bonds is 3. The number of nitro groups is 1. The minimum Gasteiger partial charge on any atom is -0.507 e. The van der Waals surface area contributed by atoms with Gasteiger partial charge < -0.3 is 10.8 Å². The average molecular weight is 259 g/mol. The molecule has 0 heterocycles. The van der Waals surface area contributed by atoms with Gasteiger partial charge in [0.1, 0.15) is 16.3 Å². The van der Waals surface area contributed by atoms with Gasteiger partial charge in [-0.05, 0) is 12.1 Å². The van der Waals surface area contributed by atoms with E-state index in [1.54, 1.807) is 0 Å². The first-order chi connectivity index (χ1) is 7.93. The standard InChI is InChI=1S/C8H7ClN4O4/c9-5-1-2-6(14)4(7(5)13(16)17)3-11-12-8(10)15/h1-3,14H,(H3,10,12,15). The van der Waals surface area contributed by atoms with Crippen molar-refractivity contribution in [3.05, 3.63) is 32.8 Å². The Morgan fingerprint density at radius 3 is 2.82 bits per heavy atom. The molecule has 9 heteroatoms. The Hall–Kier alpha value is -2.35. The van der Waals surface area contributed by atoms with Gasteiger partial charge in [0, 0.05) is 0 Å².